The SMILES string of the molecule is COc1ccc2cc1CCCCCCc1cc(ccc1OC)/C(C)=C\2C. The van der Waals surface area contributed by atoms with Crippen LogP contribution in [-0.4, -0.2) is 14.2 Å². The molecular weight excluding hydrogens is 320 g/mol. The van der Waals surface area contributed by atoms with Crippen molar-refractivity contribution in [2.24, 2.45) is 0 Å². The van der Waals surface area contributed by atoms with Gasteiger partial charge in [-0.05, 0) is 97.2 Å². The van der Waals surface area contributed by atoms with Gasteiger partial charge >= 0.3 is 0 Å². The van der Waals surface area contributed by atoms with Gasteiger partial charge in [-0.25, -0.2) is 0 Å². The highest BCUT2D eigenvalue weighted by Gasteiger charge is 2.11. The van der Waals surface area contributed by atoms with Crippen LogP contribution in [0.4, 0.5) is 0 Å². The van der Waals surface area contributed by atoms with E-state index in [0.29, 0.717) is 0 Å². The van der Waals surface area contributed by atoms with Crippen LogP contribution in [0.25, 0.3) is 11.1 Å². The number of fused-ring (bicyclic) bond motifs is 4. The van der Waals surface area contributed by atoms with Crippen LogP contribution in [0.5, 0.6) is 11.5 Å². The fraction of sp³-hybridized carbons (Fsp3) is 0.417. The number of ether oxygens (including phenoxy) is 2. The molecule has 0 saturated heterocycles. The number of hydrogen-bond acceptors (Lipinski definition) is 2. The lowest BCUT2D eigenvalue weighted by molar-refractivity contribution is 0.407. The first-order chi connectivity index (χ1) is 12.6. The second kappa shape index (κ2) is 8.44. The molecule has 2 nitrogen and oxygen atoms in total. The number of allylic oxidation sites excluding steroid dienone is 2. The average molecular weight is 351 g/mol. The Labute approximate surface area is 157 Å². The summed E-state index contributed by atoms with van der Waals surface area (Å²) in [4.78, 5) is 0. The summed E-state index contributed by atoms with van der Waals surface area (Å²) in [6.07, 6.45) is 7.08. The van der Waals surface area contributed by atoms with Crippen molar-refractivity contribution in [2.75, 3.05) is 14.2 Å². The Bertz CT molecular complexity index is 734. The third kappa shape index (κ3) is 3.95. The molecule has 0 radical (unpaired) electrons. The van der Waals surface area contributed by atoms with Crippen molar-refractivity contribution in [1.29, 1.82) is 0 Å². The molecule has 26 heavy (non-hydrogen) atoms. The predicted molar refractivity (Wildman–Crippen MR) is 110 cm³/mol. The van der Waals surface area contributed by atoms with Crippen LogP contribution in [0.15, 0.2) is 36.4 Å². The molecule has 1 aliphatic rings. The van der Waals surface area contributed by atoms with E-state index in [9.17, 15) is 0 Å². The lowest BCUT2D eigenvalue weighted by atomic mass is 9.92. The van der Waals surface area contributed by atoms with E-state index < -0.39 is 0 Å². The van der Waals surface area contributed by atoms with Gasteiger partial charge in [-0.2, -0.15) is 0 Å². The van der Waals surface area contributed by atoms with Crippen molar-refractivity contribution in [3.63, 3.8) is 0 Å². The molecule has 138 valence electrons. The Kier molecular flexibility index (Phi) is 6.03. The Morgan fingerprint density at radius 1 is 0.615 bits per heavy atom. The number of aryl methyl sites for hydroxylation is 2. The van der Waals surface area contributed by atoms with Crippen LogP contribution in [0.3, 0.4) is 0 Å². The van der Waals surface area contributed by atoms with Crippen molar-refractivity contribution in [1.82, 2.24) is 0 Å². The van der Waals surface area contributed by atoms with Gasteiger partial charge in [0.1, 0.15) is 11.5 Å². The molecule has 0 N–H and O–H groups in total. The molecule has 0 aliphatic heterocycles. The van der Waals surface area contributed by atoms with Gasteiger partial charge in [0.15, 0.2) is 0 Å². The van der Waals surface area contributed by atoms with Crippen molar-refractivity contribution in [3.8, 4) is 11.5 Å². The van der Waals surface area contributed by atoms with E-state index in [1.54, 1.807) is 14.2 Å². The van der Waals surface area contributed by atoms with E-state index in [2.05, 4.69) is 50.2 Å². The number of methoxy groups -OCH3 is 2. The summed E-state index contributed by atoms with van der Waals surface area (Å²) in [6, 6.07) is 13.2. The summed E-state index contributed by atoms with van der Waals surface area (Å²) in [5, 5.41) is 0. The topological polar surface area (TPSA) is 18.5 Å². The monoisotopic (exact) mass is 350 g/mol. The zero-order valence-corrected chi connectivity index (χ0v) is 16.5. The van der Waals surface area contributed by atoms with Crippen molar-refractivity contribution >= 4 is 11.1 Å². The van der Waals surface area contributed by atoms with Crippen molar-refractivity contribution < 1.29 is 9.47 Å². The van der Waals surface area contributed by atoms with Gasteiger partial charge in [-0.15, -0.1) is 0 Å². The maximum atomic E-state index is 5.59. The minimum absolute atomic E-state index is 1.01. The van der Waals surface area contributed by atoms with Crippen molar-refractivity contribution in [3.05, 3.63) is 58.7 Å². The Hall–Kier alpha value is -2.22. The quantitative estimate of drug-likeness (QED) is 0.631. The van der Waals surface area contributed by atoms with Gasteiger partial charge in [0.25, 0.3) is 0 Å². The Balaban J connectivity index is 2.10. The second-order valence-corrected chi connectivity index (χ2v) is 7.22. The minimum atomic E-state index is 1.01. The van der Waals surface area contributed by atoms with Crippen LogP contribution in [0.2, 0.25) is 0 Å². The van der Waals surface area contributed by atoms with E-state index >= 15 is 0 Å². The zero-order chi connectivity index (χ0) is 18.5. The molecule has 0 fully saturated rings. The van der Waals surface area contributed by atoms with Crippen LogP contribution >= 0.6 is 0 Å². The minimum Gasteiger partial charge on any atom is -0.496 e. The Morgan fingerprint density at radius 2 is 1.04 bits per heavy atom. The summed E-state index contributed by atoms with van der Waals surface area (Å²) >= 11 is 0. The first-order valence-corrected chi connectivity index (χ1v) is 9.66. The molecule has 0 aromatic heterocycles. The molecule has 2 heteroatoms. The van der Waals surface area contributed by atoms with Gasteiger partial charge in [-0.3, -0.25) is 0 Å². The van der Waals surface area contributed by atoms with Crippen LogP contribution < -0.4 is 9.47 Å². The highest BCUT2D eigenvalue weighted by molar-refractivity contribution is 5.89. The molecule has 0 unspecified atom stereocenters. The van der Waals surface area contributed by atoms with Gasteiger partial charge < -0.3 is 9.47 Å². The fourth-order valence-electron chi connectivity index (χ4n) is 3.83. The van der Waals surface area contributed by atoms with Crippen LogP contribution in [-0.2, 0) is 12.8 Å². The van der Waals surface area contributed by atoms with Gasteiger partial charge in [0.2, 0.25) is 0 Å². The normalized spacial score (nSPS) is 18.2. The molecule has 0 atom stereocenters. The summed E-state index contributed by atoms with van der Waals surface area (Å²) in [6.45, 7) is 4.44. The smallest absolute Gasteiger partial charge is 0.122 e. The third-order valence-corrected chi connectivity index (χ3v) is 5.63. The lowest BCUT2D eigenvalue weighted by Gasteiger charge is -2.16. The molecule has 4 bridgehead atoms. The maximum absolute atomic E-state index is 5.59. The molecular formula is C24H30O2. The largest absolute Gasteiger partial charge is 0.496 e. The van der Waals surface area contributed by atoms with Crippen LogP contribution in [0.1, 0.15) is 61.8 Å². The number of hydrogen-bond donors (Lipinski definition) is 0. The molecule has 0 heterocycles. The summed E-state index contributed by atoms with van der Waals surface area (Å²) in [5.41, 5.74) is 7.86. The first kappa shape index (κ1) is 18.6. The number of rotatable bonds is 2. The Morgan fingerprint density at radius 3 is 1.42 bits per heavy atom. The highest BCUT2D eigenvalue weighted by Crippen LogP contribution is 2.33. The van der Waals surface area contributed by atoms with Crippen molar-refractivity contribution in [2.45, 2.75) is 52.4 Å². The number of benzene rings is 2. The summed E-state index contributed by atoms with van der Waals surface area (Å²) < 4.78 is 11.2. The first-order valence-electron chi connectivity index (χ1n) is 9.66. The molecule has 2 aromatic carbocycles. The standard InChI is InChI=1S/C24H30O2/c1-17-18(2)20-12-14-24(26-4)22(16-20)10-8-6-5-7-9-21-15-19(17)11-13-23(21)25-3/h11-16H,5-10H2,1-4H3/b18-17-. The fourth-order valence-corrected chi connectivity index (χ4v) is 3.83. The van der Waals surface area contributed by atoms with E-state index in [4.69, 9.17) is 9.47 Å². The van der Waals surface area contributed by atoms with E-state index in [-0.39, 0.29) is 0 Å². The van der Waals surface area contributed by atoms with Crippen LogP contribution in [0, 0.1) is 0 Å². The molecule has 0 spiro atoms. The average Bonchev–Trinajstić information content (AvgIpc) is 2.68. The highest BCUT2D eigenvalue weighted by atomic mass is 16.5. The van der Waals surface area contributed by atoms with Gasteiger partial charge in [-0.1, -0.05) is 25.0 Å². The molecule has 0 amide bonds. The van der Waals surface area contributed by atoms with Gasteiger partial charge in [0, 0.05) is 0 Å². The molecule has 2 aromatic rings. The summed E-state index contributed by atoms with van der Waals surface area (Å²) in [5.74, 6) is 2.02. The zero-order valence-electron chi connectivity index (χ0n) is 16.5. The molecule has 0 saturated carbocycles. The van der Waals surface area contributed by atoms with E-state index in [0.717, 1.165) is 24.3 Å². The second-order valence-electron chi connectivity index (χ2n) is 7.22. The maximum Gasteiger partial charge on any atom is 0.122 e. The third-order valence-electron chi connectivity index (χ3n) is 5.63. The van der Waals surface area contributed by atoms with Gasteiger partial charge in [0.05, 0.1) is 14.2 Å². The molecule has 3 rings (SSSR count). The lowest BCUT2D eigenvalue weighted by Crippen LogP contribution is -1.98. The van der Waals surface area contributed by atoms with E-state index in [1.807, 2.05) is 0 Å². The predicted octanol–water partition coefficient (Wildman–Crippen LogP) is 6.31. The van der Waals surface area contributed by atoms with E-state index in [1.165, 1.54) is 59.1 Å². The summed E-state index contributed by atoms with van der Waals surface area (Å²) in [7, 11) is 3.54. The molecule has 1 aliphatic carbocycles.